The number of aromatic nitrogens is 2. The van der Waals surface area contributed by atoms with Crippen LogP contribution in [-0.4, -0.2) is 15.8 Å². The summed E-state index contributed by atoms with van der Waals surface area (Å²) in [5.74, 6) is -2.29. The van der Waals surface area contributed by atoms with Gasteiger partial charge in [0.25, 0.3) is 5.92 Å². The Morgan fingerprint density at radius 3 is 2.61 bits per heavy atom. The minimum Gasteiger partial charge on any atom is -0.339 e. The molecule has 5 nitrogen and oxygen atoms in total. The Morgan fingerprint density at radius 1 is 1.04 bits per heavy atom. The molecule has 2 N–H and O–H groups in total. The molecule has 0 spiro atoms. The summed E-state index contributed by atoms with van der Waals surface area (Å²) in [6, 6.07) is 11.8. The van der Waals surface area contributed by atoms with Crippen LogP contribution >= 0.6 is 11.6 Å². The Kier molecular flexibility index (Phi) is 4.68. The molecule has 28 heavy (non-hydrogen) atoms. The van der Waals surface area contributed by atoms with Crippen molar-refractivity contribution in [2.75, 3.05) is 10.6 Å². The quantitative estimate of drug-likeness (QED) is 0.620. The number of hydrogen-bond acceptors (Lipinski definition) is 5. The van der Waals surface area contributed by atoms with Crippen LogP contribution < -0.4 is 10.6 Å². The third-order valence-electron chi connectivity index (χ3n) is 4.29. The Bertz CT molecular complexity index is 1060. The number of nitrogens with one attached hydrogen (secondary N) is 2. The number of anilines is 3. The van der Waals surface area contributed by atoms with Crippen LogP contribution in [0.2, 0.25) is 5.02 Å². The SMILES string of the molecule is CC(F)(F)c1cccnc1Nc1ccc(NC2=NCc3cccnc32)cc1Cl. The lowest BCUT2D eigenvalue weighted by Crippen LogP contribution is -2.13. The maximum atomic E-state index is 13.8. The van der Waals surface area contributed by atoms with Crippen molar-refractivity contribution in [3.63, 3.8) is 0 Å². The average Bonchev–Trinajstić information content (AvgIpc) is 3.07. The molecule has 0 saturated carbocycles. The molecule has 1 aromatic carbocycles. The number of amidine groups is 1. The van der Waals surface area contributed by atoms with Crippen molar-refractivity contribution in [3.05, 3.63) is 76.7 Å². The third kappa shape index (κ3) is 3.66. The molecule has 1 aliphatic heterocycles. The highest BCUT2D eigenvalue weighted by atomic mass is 35.5. The van der Waals surface area contributed by atoms with Gasteiger partial charge in [0.2, 0.25) is 0 Å². The Labute approximate surface area is 165 Å². The lowest BCUT2D eigenvalue weighted by atomic mass is 10.1. The summed E-state index contributed by atoms with van der Waals surface area (Å²) in [4.78, 5) is 12.8. The van der Waals surface area contributed by atoms with E-state index in [9.17, 15) is 8.78 Å². The van der Waals surface area contributed by atoms with Gasteiger partial charge in [-0.15, -0.1) is 0 Å². The molecule has 4 rings (SSSR count). The monoisotopic (exact) mass is 399 g/mol. The Balaban J connectivity index is 1.55. The second-order valence-electron chi connectivity index (χ2n) is 6.41. The lowest BCUT2D eigenvalue weighted by molar-refractivity contribution is 0.0180. The van der Waals surface area contributed by atoms with Gasteiger partial charge in [0.15, 0.2) is 5.84 Å². The molecule has 2 aromatic heterocycles. The van der Waals surface area contributed by atoms with Gasteiger partial charge in [0, 0.05) is 30.6 Å². The summed E-state index contributed by atoms with van der Waals surface area (Å²) in [7, 11) is 0. The van der Waals surface area contributed by atoms with Crippen molar-refractivity contribution in [2.24, 2.45) is 4.99 Å². The number of pyridine rings is 2. The standard InChI is InChI=1S/C20H16ClF2N5/c1-20(22,23)14-5-3-9-25-18(14)28-16-7-6-13(10-15(16)21)27-19-17-12(11-26-19)4-2-8-24-17/h2-10H,11H2,1H3,(H,25,28)(H,26,27). The van der Waals surface area contributed by atoms with Crippen LogP contribution in [0.4, 0.5) is 26.0 Å². The van der Waals surface area contributed by atoms with Crippen LogP contribution in [-0.2, 0) is 12.5 Å². The number of halogens is 3. The van der Waals surface area contributed by atoms with E-state index in [0.29, 0.717) is 23.1 Å². The number of aliphatic imine (C=N–C) groups is 1. The van der Waals surface area contributed by atoms with Crippen LogP contribution in [0.15, 0.2) is 59.9 Å². The Hall–Kier alpha value is -3.06. The van der Waals surface area contributed by atoms with Crippen molar-refractivity contribution in [3.8, 4) is 0 Å². The van der Waals surface area contributed by atoms with Gasteiger partial charge >= 0.3 is 0 Å². The largest absolute Gasteiger partial charge is 0.339 e. The van der Waals surface area contributed by atoms with E-state index in [-0.39, 0.29) is 11.4 Å². The smallest absolute Gasteiger partial charge is 0.274 e. The maximum Gasteiger partial charge on any atom is 0.274 e. The van der Waals surface area contributed by atoms with E-state index in [0.717, 1.165) is 23.9 Å². The molecular formula is C20H16ClF2N5. The fourth-order valence-corrected chi connectivity index (χ4v) is 3.16. The summed E-state index contributed by atoms with van der Waals surface area (Å²) in [6.07, 6.45) is 3.17. The molecule has 0 bridgehead atoms. The zero-order valence-electron chi connectivity index (χ0n) is 14.9. The molecule has 0 aliphatic carbocycles. The van der Waals surface area contributed by atoms with Gasteiger partial charge in [-0.2, -0.15) is 0 Å². The van der Waals surface area contributed by atoms with E-state index < -0.39 is 5.92 Å². The molecule has 0 atom stereocenters. The first kappa shape index (κ1) is 18.3. The summed E-state index contributed by atoms with van der Waals surface area (Å²) < 4.78 is 27.6. The maximum absolute atomic E-state index is 13.8. The molecule has 1 aliphatic rings. The Morgan fingerprint density at radius 2 is 1.82 bits per heavy atom. The summed E-state index contributed by atoms with van der Waals surface area (Å²) in [5.41, 5.74) is 2.86. The van der Waals surface area contributed by atoms with E-state index >= 15 is 0 Å². The van der Waals surface area contributed by atoms with Crippen LogP contribution in [0.1, 0.15) is 23.7 Å². The zero-order chi connectivity index (χ0) is 19.7. The van der Waals surface area contributed by atoms with Crippen molar-refractivity contribution in [1.29, 1.82) is 0 Å². The van der Waals surface area contributed by atoms with Gasteiger partial charge < -0.3 is 10.6 Å². The number of hydrogen-bond donors (Lipinski definition) is 2. The zero-order valence-corrected chi connectivity index (χ0v) is 15.6. The first-order valence-electron chi connectivity index (χ1n) is 8.57. The fraction of sp³-hybridized carbons (Fsp3) is 0.150. The van der Waals surface area contributed by atoms with E-state index in [1.54, 1.807) is 24.4 Å². The molecule has 0 fully saturated rings. The second kappa shape index (κ2) is 7.16. The minimum atomic E-state index is -3.02. The van der Waals surface area contributed by atoms with E-state index in [1.165, 1.54) is 18.3 Å². The fourth-order valence-electron chi connectivity index (χ4n) is 2.93. The number of fused-ring (bicyclic) bond motifs is 1. The topological polar surface area (TPSA) is 62.2 Å². The molecule has 0 radical (unpaired) electrons. The second-order valence-corrected chi connectivity index (χ2v) is 6.82. The molecular weight excluding hydrogens is 384 g/mol. The van der Waals surface area contributed by atoms with Crippen molar-refractivity contribution < 1.29 is 8.78 Å². The first-order chi connectivity index (χ1) is 13.4. The number of benzene rings is 1. The van der Waals surface area contributed by atoms with E-state index in [1.807, 2.05) is 12.1 Å². The predicted octanol–water partition coefficient (Wildman–Crippen LogP) is 5.36. The highest BCUT2D eigenvalue weighted by Gasteiger charge is 2.28. The van der Waals surface area contributed by atoms with Crippen molar-refractivity contribution >= 4 is 34.6 Å². The lowest BCUT2D eigenvalue weighted by Gasteiger charge is -2.17. The minimum absolute atomic E-state index is 0.0657. The summed E-state index contributed by atoms with van der Waals surface area (Å²) in [5, 5.41) is 6.46. The number of alkyl halides is 2. The summed E-state index contributed by atoms with van der Waals surface area (Å²) in [6.45, 7) is 1.41. The van der Waals surface area contributed by atoms with E-state index in [2.05, 4.69) is 25.6 Å². The molecule has 0 saturated heterocycles. The molecule has 0 unspecified atom stereocenters. The van der Waals surface area contributed by atoms with Crippen molar-refractivity contribution in [2.45, 2.75) is 19.4 Å². The van der Waals surface area contributed by atoms with Crippen LogP contribution in [0.3, 0.4) is 0 Å². The third-order valence-corrected chi connectivity index (χ3v) is 4.60. The molecule has 3 heterocycles. The predicted molar refractivity (Wildman–Crippen MR) is 107 cm³/mol. The average molecular weight is 400 g/mol. The van der Waals surface area contributed by atoms with Gasteiger partial charge in [0.05, 0.1) is 22.8 Å². The van der Waals surface area contributed by atoms with Crippen LogP contribution in [0.5, 0.6) is 0 Å². The number of rotatable bonds is 4. The normalized spacial score (nSPS) is 13.1. The van der Waals surface area contributed by atoms with Gasteiger partial charge in [-0.1, -0.05) is 17.7 Å². The molecule has 3 aromatic rings. The van der Waals surface area contributed by atoms with Gasteiger partial charge in [0.1, 0.15) is 11.5 Å². The molecule has 0 amide bonds. The van der Waals surface area contributed by atoms with Gasteiger partial charge in [-0.25, -0.2) is 13.8 Å². The number of nitrogens with zero attached hydrogens (tertiary/aromatic N) is 3. The highest BCUT2D eigenvalue weighted by molar-refractivity contribution is 6.33. The van der Waals surface area contributed by atoms with E-state index in [4.69, 9.17) is 11.6 Å². The van der Waals surface area contributed by atoms with Gasteiger partial charge in [-0.05, 0) is 36.4 Å². The summed E-state index contributed by atoms with van der Waals surface area (Å²) >= 11 is 6.36. The first-order valence-corrected chi connectivity index (χ1v) is 8.95. The molecule has 8 heteroatoms. The molecule has 142 valence electrons. The van der Waals surface area contributed by atoms with Crippen LogP contribution in [0, 0.1) is 0 Å². The van der Waals surface area contributed by atoms with Crippen molar-refractivity contribution in [1.82, 2.24) is 9.97 Å². The van der Waals surface area contributed by atoms with Crippen LogP contribution in [0.25, 0.3) is 0 Å². The van der Waals surface area contributed by atoms with Gasteiger partial charge in [-0.3, -0.25) is 9.98 Å². The highest BCUT2D eigenvalue weighted by Crippen LogP contribution is 2.35.